The largest absolute Gasteiger partial charge is 0.436 e. The number of hydrogen-bond donors (Lipinski definition) is 2. The molecule has 252 valence electrons. The molecule has 0 spiro atoms. The molecule has 12 nitrogen and oxygen atoms in total. The number of para-hydroxylation sites is 1. The number of anilines is 1. The highest BCUT2D eigenvalue weighted by Gasteiger charge is 2.35. The third kappa shape index (κ3) is 7.87. The second-order valence-corrected chi connectivity index (χ2v) is 13.4. The van der Waals surface area contributed by atoms with Gasteiger partial charge in [-0.05, 0) is 88.6 Å². The third-order valence-corrected chi connectivity index (χ3v) is 9.81. The topological polar surface area (TPSA) is 117 Å². The van der Waals surface area contributed by atoms with Crippen LogP contribution in [-0.4, -0.2) is 138 Å². The lowest BCUT2D eigenvalue weighted by molar-refractivity contribution is -0.142. The van der Waals surface area contributed by atoms with Crippen LogP contribution in [0.3, 0.4) is 0 Å². The molecule has 4 heterocycles. The highest BCUT2D eigenvalue weighted by Crippen LogP contribution is 2.26. The van der Waals surface area contributed by atoms with Gasteiger partial charge in [0.05, 0.1) is 11.7 Å². The Labute approximate surface area is 277 Å². The highest BCUT2D eigenvalue weighted by molar-refractivity contribution is 5.91. The van der Waals surface area contributed by atoms with Crippen LogP contribution in [0.1, 0.15) is 36.0 Å². The van der Waals surface area contributed by atoms with E-state index in [2.05, 4.69) is 45.5 Å². The van der Waals surface area contributed by atoms with Crippen molar-refractivity contribution in [2.45, 2.75) is 51.2 Å². The lowest BCUT2D eigenvalue weighted by atomic mass is 10.0. The molecule has 3 aliphatic rings. The van der Waals surface area contributed by atoms with Crippen molar-refractivity contribution in [2.75, 3.05) is 78.3 Å². The molecule has 0 radical (unpaired) electrons. The number of aryl methyl sites for hydroxylation is 1. The van der Waals surface area contributed by atoms with Gasteiger partial charge in [0.2, 0.25) is 0 Å². The number of aromatic amines is 1. The molecule has 2 aromatic carbocycles. The van der Waals surface area contributed by atoms with Gasteiger partial charge in [0.1, 0.15) is 0 Å². The predicted molar refractivity (Wildman–Crippen MR) is 181 cm³/mol. The Bertz CT molecular complexity index is 1560. The van der Waals surface area contributed by atoms with Crippen LogP contribution in [0.25, 0.3) is 10.9 Å². The van der Waals surface area contributed by atoms with Gasteiger partial charge in [-0.2, -0.15) is 5.10 Å². The number of nitrogens with zero attached hydrogens (tertiary/aromatic N) is 6. The molecule has 1 aromatic heterocycles. The summed E-state index contributed by atoms with van der Waals surface area (Å²) >= 11 is 0. The molecule has 1 atom stereocenters. The molecule has 4 amide bonds. The minimum absolute atomic E-state index is 0.0319. The normalized spacial score (nSPS) is 18.6. The summed E-state index contributed by atoms with van der Waals surface area (Å²) in [6.45, 7) is 8.46. The zero-order valence-corrected chi connectivity index (χ0v) is 27.9. The number of urea groups is 1. The molecule has 47 heavy (non-hydrogen) atoms. The monoisotopic (exact) mass is 644 g/mol. The standard InChI is InChI=1S/C35H48N8O4/c1-25-21-26(22-28-24-36-38-32(25)28)23-31(33(44)41-19-17-40(18-20-41)13-6-12-39(2)3)47-35(46)42-14-10-29(11-15-42)43-16-9-27-7-4-5-8-30(27)37-34(43)45/h4-5,7-8,21-22,24,29,31H,6,9-20,23H2,1-3H3,(H,36,38)(H,37,45)/t31-/m1/s1. The number of nitrogens with one attached hydrogen (secondary N) is 2. The SMILES string of the molecule is Cc1cc(C[C@@H](OC(=O)N2CCC(N3CCc4ccccc4NC3=O)CC2)C(=O)N2CCN(CCCN(C)C)CC2)cc2cn[nH]c12. The van der Waals surface area contributed by atoms with E-state index in [-0.39, 0.29) is 18.0 Å². The molecule has 3 aromatic rings. The number of piperidine rings is 1. The van der Waals surface area contributed by atoms with Crippen molar-refractivity contribution >= 4 is 34.6 Å². The van der Waals surface area contributed by atoms with Crippen molar-refractivity contribution < 1.29 is 19.1 Å². The molecule has 2 fully saturated rings. The fourth-order valence-electron chi connectivity index (χ4n) is 7.12. The number of piperazine rings is 1. The van der Waals surface area contributed by atoms with Gasteiger partial charge in [-0.3, -0.25) is 14.8 Å². The van der Waals surface area contributed by atoms with E-state index in [1.807, 2.05) is 47.1 Å². The lowest BCUT2D eigenvalue weighted by Crippen LogP contribution is -2.54. The number of fused-ring (bicyclic) bond motifs is 2. The van der Waals surface area contributed by atoms with Gasteiger partial charge in [-0.25, -0.2) is 9.59 Å². The van der Waals surface area contributed by atoms with Crippen molar-refractivity contribution in [3.05, 3.63) is 59.3 Å². The summed E-state index contributed by atoms with van der Waals surface area (Å²) in [4.78, 5) is 50.7. The van der Waals surface area contributed by atoms with Crippen molar-refractivity contribution in [1.29, 1.82) is 0 Å². The average molecular weight is 645 g/mol. The van der Waals surface area contributed by atoms with Crippen LogP contribution < -0.4 is 5.32 Å². The van der Waals surface area contributed by atoms with E-state index in [4.69, 9.17) is 4.74 Å². The molecule has 0 bridgehead atoms. The summed E-state index contributed by atoms with van der Waals surface area (Å²) in [5, 5.41) is 11.2. The minimum atomic E-state index is -0.931. The number of hydrogen-bond acceptors (Lipinski definition) is 7. The molecular formula is C35H48N8O4. The second kappa shape index (κ2) is 14.7. The Morgan fingerprint density at radius 1 is 1.02 bits per heavy atom. The molecule has 0 unspecified atom stereocenters. The number of carbonyl (C=O) groups is 3. The second-order valence-electron chi connectivity index (χ2n) is 13.4. The van der Waals surface area contributed by atoms with Gasteiger partial charge in [0.25, 0.3) is 5.91 Å². The van der Waals surface area contributed by atoms with Crippen molar-refractivity contribution in [3.63, 3.8) is 0 Å². The smallest absolute Gasteiger partial charge is 0.410 e. The first-order chi connectivity index (χ1) is 22.7. The first-order valence-corrected chi connectivity index (χ1v) is 16.9. The highest BCUT2D eigenvalue weighted by atomic mass is 16.6. The maximum Gasteiger partial charge on any atom is 0.410 e. The quantitative estimate of drug-likeness (QED) is 0.366. The summed E-state index contributed by atoms with van der Waals surface area (Å²) < 4.78 is 6.08. The van der Waals surface area contributed by atoms with Crippen LogP contribution in [0.5, 0.6) is 0 Å². The zero-order chi connectivity index (χ0) is 32.9. The zero-order valence-electron chi connectivity index (χ0n) is 27.9. The van der Waals surface area contributed by atoms with Gasteiger partial charge >= 0.3 is 12.1 Å². The maximum atomic E-state index is 14.0. The van der Waals surface area contributed by atoms with E-state index < -0.39 is 12.2 Å². The molecule has 6 rings (SSSR count). The Morgan fingerprint density at radius 2 is 1.79 bits per heavy atom. The number of amides is 4. The number of likely N-dealkylation sites (tertiary alicyclic amines) is 1. The molecule has 12 heteroatoms. The number of carbonyl (C=O) groups excluding carboxylic acids is 3. The molecular weight excluding hydrogens is 596 g/mol. The molecule has 0 aliphatic carbocycles. The summed E-state index contributed by atoms with van der Waals surface area (Å²) in [5.41, 5.74) is 4.92. The molecule has 0 saturated carbocycles. The van der Waals surface area contributed by atoms with Crippen LogP contribution in [0.15, 0.2) is 42.6 Å². The first kappa shape index (κ1) is 32.8. The third-order valence-electron chi connectivity index (χ3n) is 9.81. The van der Waals surface area contributed by atoms with Gasteiger partial charge in [-0.1, -0.05) is 24.3 Å². The molecule has 2 N–H and O–H groups in total. The Kier molecular flexibility index (Phi) is 10.3. The predicted octanol–water partition coefficient (Wildman–Crippen LogP) is 3.57. The van der Waals surface area contributed by atoms with Crippen LogP contribution >= 0.6 is 0 Å². The van der Waals surface area contributed by atoms with Gasteiger partial charge in [-0.15, -0.1) is 0 Å². The number of H-pyrrole nitrogens is 1. The Hall–Kier alpha value is -4.16. The van der Waals surface area contributed by atoms with E-state index in [9.17, 15) is 14.4 Å². The number of benzene rings is 2. The number of rotatable bonds is 9. The van der Waals surface area contributed by atoms with Crippen LogP contribution in [0.2, 0.25) is 0 Å². The van der Waals surface area contributed by atoms with Crippen LogP contribution in [0, 0.1) is 6.92 Å². The van der Waals surface area contributed by atoms with Gasteiger partial charge < -0.3 is 29.7 Å². The Morgan fingerprint density at radius 3 is 2.55 bits per heavy atom. The summed E-state index contributed by atoms with van der Waals surface area (Å²) in [6, 6.07) is 11.9. The van der Waals surface area contributed by atoms with E-state index >= 15 is 0 Å². The van der Waals surface area contributed by atoms with Crippen LogP contribution in [0.4, 0.5) is 15.3 Å². The maximum absolute atomic E-state index is 14.0. The summed E-state index contributed by atoms with van der Waals surface area (Å²) in [7, 11) is 4.17. The van der Waals surface area contributed by atoms with Crippen LogP contribution in [-0.2, 0) is 22.4 Å². The van der Waals surface area contributed by atoms with E-state index in [0.29, 0.717) is 52.0 Å². The van der Waals surface area contributed by atoms with Gasteiger partial charge in [0, 0.05) is 69.3 Å². The van der Waals surface area contributed by atoms with E-state index in [1.165, 1.54) is 0 Å². The fourth-order valence-corrected chi connectivity index (χ4v) is 7.12. The lowest BCUT2D eigenvalue weighted by Gasteiger charge is -2.38. The van der Waals surface area contributed by atoms with Gasteiger partial charge in [0.15, 0.2) is 6.10 Å². The van der Waals surface area contributed by atoms with Crippen molar-refractivity contribution in [1.82, 2.24) is 34.7 Å². The summed E-state index contributed by atoms with van der Waals surface area (Å²) in [5.74, 6) is -0.146. The summed E-state index contributed by atoms with van der Waals surface area (Å²) in [6.07, 6.45) is 3.85. The first-order valence-electron chi connectivity index (χ1n) is 16.9. The average Bonchev–Trinajstić information content (AvgIpc) is 3.48. The Balaban J connectivity index is 1.09. The molecule has 3 aliphatic heterocycles. The van der Waals surface area contributed by atoms with Crippen molar-refractivity contribution in [3.8, 4) is 0 Å². The van der Waals surface area contributed by atoms with E-state index in [1.54, 1.807) is 11.1 Å². The number of aromatic nitrogens is 2. The van der Waals surface area contributed by atoms with Crippen molar-refractivity contribution in [2.24, 2.45) is 0 Å². The molecule has 2 saturated heterocycles. The number of ether oxygens (including phenoxy) is 1. The fraction of sp³-hybridized carbons (Fsp3) is 0.543. The minimum Gasteiger partial charge on any atom is -0.436 e. The van der Waals surface area contributed by atoms with E-state index in [0.717, 1.165) is 72.3 Å².